The number of hydrogen-bond donors (Lipinski definition) is 1. The summed E-state index contributed by atoms with van der Waals surface area (Å²) in [6.07, 6.45) is 1.12. The van der Waals surface area contributed by atoms with E-state index in [4.69, 9.17) is 4.74 Å². The predicted octanol–water partition coefficient (Wildman–Crippen LogP) is 4.30. The van der Waals surface area contributed by atoms with Gasteiger partial charge in [-0.3, -0.25) is 9.59 Å². The first kappa shape index (κ1) is 23.4. The molecule has 176 valence electrons. The van der Waals surface area contributed by atoms with Gasteiger partial charge in [-0.05, 0) is 48.4 Å². The highest BCUT2D eigenvalue weighted by atomic mass is 16.5. The summed E-state index contributed by atoms with van der Waals surface area (Å²) in [6, 6.07) is 26.5. The molecule has 0 aromatic heterocycles. The lowest BCUT2D eigenvalue weighted by molar-refractivity contribution is -0.131. The highest BCUT2D eigenvalue weighted by Gasteiger charge is 2.24. The Bertz CT molecular complexity index is 1070. The van der Waals surface area contributed by atoms with E-state index in [9.17, 15) is 9.59 Å². The largest absolute Gasteiger partial charge is 0.497 e. The van der Waals surface area contributed by atoms with E-state index in [0.717, 1.165) is 36.5 Å². The number of carbonyl (C=O) groups is 2. The molecule has 1 fully saturated rings. The van der Waals surface area contributed by atoms with E-state index in [1.165, 1.54) is 0 Å². The van der Waals surface area contributed by atoms with Crippen molar-refractivity contribution in [2.75, 3.05) is 38.2 Å². The van der Waals surface area contributed by atoms with E-state index in [-0.39, 0.29) is 24.3 Å². The van der Waals surface area contributed by atoms with Crippen molar-refractivity contribution in [1.82, 2.24) is 10.2 Å². The SMILES string of the molecule is COc1ccc(N2CCCN(C(=O)CC(NC(=O)c3ccccc3)c3ccccc3)CC2)cc1. The number of carbonyl (C=O) groups excluding carboxylic acids is 2. The molecular formula is C28H31N3O3. The molecule has 1 unspecified atom stereocenters. The average Bonchev–Trinajstić information content (AvgIpc) is 3.16. The number of nitrogens with one attached hydrogen (secondary N) is 1. The number of methoxy groups -OCH3 is 1. The van der Waals surface area contributed by atoms with Crippen molar-refractivity contribution in [3.05, 3.63) is 96.1 Å². The van der Waals surface area contributed by atoms with Gasteiger partial charge in [-0.2, -0.15) is 0 Å². The second-order valence-corrected chi connectivity index (χ2v) is 8.43. The van der Waals surface area contributed by atoms with Gasteiger partial charge in [0.05, 0.1) is 19.6 Å². The van der Waals surface area contributed by atoms with Crippen LogP contribution in [0.3, 0.4) is 0 Å². The second-order valence-electron chi connectivity index (χ2n) is 8.43. The Morgan fingerprint density at radius 3 is 2.21 bits per heavy atom. The monoisotopic (exact) mass is 457 g/mol. The first-order chi connectivity index (χ1) is 16.6. The third-order valence-corrected chi connectivity index (χ3v) is 6.21. The molecule has 1 heterocycles. The minimum Gasteiger partial charge on any atom is -0.497 e. The number of ether oxygens (including phenoxy) is 1. The molecule has 2 amide bonds. The first-order valence-electron chi connectivity index (χ1n) is 11.7. The first-order valence-corrected chi connectivity index (χ1v) is 11.7. The Hall–Kier alpha value is -3.80. The molecule has 1 aliphatic rings. The van der Waals surface area contributed by atoms with Crippen LogP contribution in [0, 0.1) is 0 Å². The molecule has 0 saturated carbocycles. The van der Waals surface area contributed by atoms with Crippen molar-refractivity contribution < 1.29 is 14.3 Å². The molecule has 1 aliphatic heterocycles. The Morgan fingerprint density at radius 2 is 1.53 bits per heavy atom. The zero-order chi connectivity index (χ0) is 23.8. The van der Waals surface area contributed by atoms with E-state index in [0.29, 0.717) is 18.7 Å². The molecule has 0 bridgehead atoms. The summed E-state index contributed by atoms with van der Waals surface area (Å²) in [5, 5.41) is 3.07. The quantitative estimate of drug-likeness (QED) is 0.575. The molecule has 0 radical (unpaired) electrons. The molecule has 6 nitrogen and oxygen atoms in total. The third kappa shape index (κ3) is 5.95. The number of hydrogen-bond acceptors (Lipinski definition) is 4. The Kier molecular flexibility index (Phi) is 7.81. The van der Waals surface area contributed by atoms with Crippen molar-refractivity contribution in [2.24, 2.45) is 0 Å². The van der Waals surface area contributed by atoms with Crippen LogP contribution >= 0.6 is 0 Å². The predicted molar refractivity (Wildman–Crippen MR) is 134 cm³/mol. The highest BCUT2D eigenvalue weighted by Crippen LogP contribution is 2.22. The lowest BCUT2D eigenvalue weighted by Crippen LogP contribution is -2.38. The summed E-state index contributed by atoms with van der Waals surface area (Å²) in [6.45, 7) is 3.02. The smallest absolute Gasteiger partial charge is 0.251 e. The van der Waals surface area contributed by atoms with Crippen LogP contribution in [0.2, 0.25) is 0 Å². The van der Waals surface area contributed by atoms with Gasteiger partial charge in [-0.15, -0.1) is 0 Å². The summed E-state index contributed by atoms with van der Waals surface area (Å²) >= 11 is 0. The minimum absolute atomic E-state index is 0.0544. The van der Waals surface area contributed by atoms with Gasteiger partial charge in [-0.1, -0.05) is 48.5 Å². The van der Waals surface area contributed by atoms with Crippen molar-refractivity contribution in [2.45, 2.75) is 18.9 Å². The molecule has 3 aromatic rings. The number of benzene rings is 3. The van der Waals surface area contributed by atoms with E-state index in [1.54, 1.807) is 19.2 Å². The van der Waals surface area contributed by atoms with Gasteiger partial charge in [0, 0.05) is 37.4 Å². The molecule has 3 aromatic carbocycles. The zero-order valence-electron chi connectivity index (χ0n) is 19.5. The maximum atomic E-state index is 13.3. The molecule has 0 aliphatic carbocycles. The molecule has 0 spiro atoms. The summed E-state index contributed by atoms with van der Waals surface area (Å²) in [7, 11) is 1.66. The van der Waals surface area contributed by atoms with Crippen LogP contribution in [0.25, 0.3) is 0 Å². The Balaban J connectivity index is 1.42. The van der Waals surface area contributed by atoms with Crippen LogP contribution < -0.4 is 15.0 Å². The van der Waals surface area contributed by atoms with Gasteiger partial charge in [-0.25, -0.2) is 0 Å². The lowest BCUT2D eigenvalue weighted by Gasteiger charge is -2.26. The maximum Gasteiger partial charge on any atom is 0.251 e. The Labute approximate surface area is 201 Å². The van der Waals surface area contributed by atoms with E-state index >= 15 is 0 Å². The van der Waals surface area contributed by atoms with Gasteiger partial charge in [0.25, 0.3) is 5.91 Å². The third-order valence-electron chi connectivity index (χ3n) is 6.21. The zero-order valence-corrected chi connectivity index (χ0v) is 19.5. The van der Waals surface area contributed by atoms with Crippen LogP contribution in [0.5, 0.6) is 5.75 Å². The fourth-order valence-electron chi connectivity index (χ4n) is 4.29. The molecule has 1 saturated heterocycles. The van der Waals surface area contributed by atoms with E-state index < -0.39 is 0 Å². The van der Waals surface area contributed by atoms with Crippen molar-refractivity contribution in [3.8, 4) is 5.75 Å². The fraction of sp³-hybridized carbons (Fsp3) is 0.286. The summed E-state index contributed by atoms with van der Waals surface area (Å²) in [4.78, 5) is 30.4. The molecule has 4 rings (SSSR count). The number of rotatable bonds is 7. The second kappa shape index (κ2) is 11.4. The molecule has 1 N–H and O–H groups in total. The van der Waals surface area contributed by atoms with Gasteiger partial charge in [0.15, 0.2) is 0 Å². The average molecular weight is 458 g/mol. The van der Waals surface area contributed by atoms with E-state index in [1.807, 2.05) is 65.6 Å². The minimum atomic E-state index is -0.387. The topological polar surface area (TPSA) is 61.9 Å². The van der Waals surface area contributed by atoms with Gasteiger partial charge < -0.3 is 19.9 Å². The number of nitrogens with zero attached hydrogens (tertiary/aromatic N) is 2. The van der Waals surface area contributed by atoms with E-state index in [2.05, 4.69) is 22.3 Å². The normalized spacial score (nSPS) is 14.7. The molecule has 6 heteroatoms. The molecule has 1 atom stereocenters. The molecule has 34 heavy (non-hydrogen) atoms. The van der Waals surface area contributed by atoms with Gasteiger partial charge >= 0.3 is 0 Å². The number of anilines is 1. The summed E-state index contributed by atoms with van der Waals surface area (Å²) < 4.78 is 5.26. The van der Waals surface area contributed by atoms with Crippen molar-refractivity contribution in [3.63, 3.8) is 0 Å². The van der Waals surface area contributed by atoms with Crippen molar-refractivity contribution >= 4 is 17.5 Å². The van der Waals surface area contributed by atoms with Crippen LogP contribution in [-0.2, 0) is 4.79 Å². The maximum absolute atomic E-state index is 13.3. The fourth-order valence-corrected chi connectivity index (χ4v) is 4.29. The number of amides is 2. The summed E-state index contributed by atoms with van der Waals surface area (Å²) in [5.41, 5.74) is 2.64. The Morgan fingerprint density at radius 1 is 0.853 bits per heavy atom. The standard InChI is InChI=1S/C28H31N3O3/c1-34-25-15-13-24(14-16-25)30-17-8-18-31(20-19-30)27(32)21-26(22-9-4-2-5-10-22)29-28(33)23-11-6-3-7-12-23/h2-7,9-16,26H,8,17-21H2,1H3,(H,29,33). The van der Waals surface area contributed by atoms with Crippen LogP contribution in [-0.4, -0.2) is 50.0 Å². The molecular weight excluding hydrogens is 426 g/mol. The van der Waals surface area contributed by atoms with Gasteiger partial charge in [0.2, 0.25) is 5.91 Å². The van der Waals surface area contributed by atoms with Crippen LogP contribution in [0.4, 0.5) is 5.69 Å². The van der Waals surface area contributed by atoms with Crippen LogP contribution in [0.1, 0.15) is 34.8 Å². The van der Waals surface area contributed by atoms with Crippen LogP contribution in [0.15, 0.2) is 84.9 Å². The lowest BCUT2D eigenvalue weighted by atomic mass is 10.0. The van der Waals surface area contributed by atoms with Gasteiger partial charge in [0.1, 0.15) is 5.75 Å². The highest BCUT2D eigenvalue weighted by molar-refractivity contribution is 5.94. The van der Waals surface area contributed by atoms with Crippen molar-refractivity contribution in [1.29, 1.82) is 0 Å². The summed E-state index contributed by atoms with van der Waals surface area (Å²) in [5.74, 6) is 0.711.